The van der Waals surface area contributed by atoms with Crippen molar-refractivity contribution >= 4 is 5.95 Å². The van der Waals surface area contributed by atoms with Crippen LogP contribution >= 0.6 is 0 Å². The maximum atomic E-state index is 5.26. The van der Waals surface area contributed by atoms with Crippen LogP contribution in [0.2, 0.25) is 0 Å². The van der Waals surface area contributed by atoms with Crippen molar-refractivity contribution in [3.8, 4) is 0 Å². The van der Waals surface area contributed by atoms with Crippen molar-refractivity contribution in [3.63, 3.8) is 0 Å². The van der Waals surface area contributed by atoms with Crippen LogP contribution in [0.5, 0.6) is 0 Å². The number of rotatable bonds is 2. The first-order valence-electron chi connectivity index (χ1n) is 3.45. The molecular weight excluding hydrogens is 158 g/mol. The predicted octanol–water partition coefficient (Wildman–Crippen LogP) is 0.836. The molecule has 0 bridgehead atoms. The van der Waals surface area contributed by atoms with Gasteiger partial charge in [-0.25, -0.2) is 0 Å². The third kappa shape index (κ3) is 1.29. The molecule has 5 nitrogen and oxygen atoms in total. The lowest BCUT2D eigenvalue weighted by Crippen LogP contribution is -1.88. The number of furan rings is 1. The maximum absolute atomic E-state index is 5.26. The quantitative estimate of drug-likeness (QED) is 0.713. The molecule has 0 saturated carbocycles. The Morgan fingerprint density at radius 1 is 1.50 bits per heavy atom. The van der Waals surface area contributed by atoms with Gasteiger partial charge in [-0.05, 0) is 17.3 Å². The molecule has 0 saturated heterocycles. The van der Waals surface area contributed by atoms with Crippen LogP contribution in [-0.4, -0.2) is 10.1 Å². The monoisotopic (exact) mass is 165 g/mol. The number of anilines is 1. The predicted molar refractivity (Wildman–Crippen MR) is 40.2 cm³/mol. The second-order valence-corrected chi connectivity index (χ2v) is 2.30. The molecule has 0 amide bonds. The van der Waals surface area contributed by atoms with E-state index in [1.54, 1.807) is 12.3 Å². The molecule has 0 radical (unpaired) electrons. The fourth-order valence-electron chi connectivity index (χ4n) is 0.902. The van der Waals surface area contributed by atoms with Crippen LogP contribution in [0.4, 0.5) is 5.95 Å². The van der Waals surface area contributed by atoms with Gasteiger partial charge in [0.25, 0.3) is 5.95 Å². The Hall–Kier alpha value is -1.78. The number of aromatic nitrogens is 2. The van der Waals surface area contributed by atoms with E-state index in [-0.39, 0.29) is 5.95 Å². The van der Waals surface area contributed by atoms with Gasteiger partial charge in [0.15, 0.2) is 0 Å². The number of hydrogen-bond donors (Lipinski definition) is 1. The number of nitrogens with zero attached hydrogens (tertiary/aromatic N) is 2. The Labute approximate surface area is 68.2 Å². The summed E-state index contributed by atoms with van der Waals surface area (Å²) in [6.07, 6.45) is 2.08. The summed E-state index contributed by atoms with van der Waals surface area (Å²) in [5, 5.41) is 3.45. The van der Waals surface area contributed by atoms with Gasteiger partial charge < -0.3 is 14.7 Å². The van der Waals surface area contributed by atoms with Crippen LogP contribution in [-0.2, 0) is 6.42 Å². The minimum Gasteiger partial charge on any atom is -0.469 e. The summed E-state index contributed by atoms with van der Waals surface area (Å²) in [7, 11) is 0. The van der Waals surface area contributed by atoms with E-state index in [1.165, 1.54) is 0 Å². The van der Waals surface area contributed by atoms with Crippen LogP contribution in [0.15, 0.2) is 27.3 Å². The largest absolute Gasteiger partial charge is 0.469 e. The molecule has 12 heavy (non-hydrogen) atoms. The van der Waals surface area contributed by atoms with Crippen LogP contribution in [0.1, 0.15) is 11.7 Å². The van der Waals surface area contributed by atoms with Gasteiger partial charge in [0.1, 0.15) is 5.76 Å². The summed E-state index contributed by atoms with van der Waals surface area (Å²) >= 11 is 0. The third-order valence-electron chi connectivity index (χ3n) is 1.39. The molecule has 2 aromatic heterocycles. The fourth-order valence-corrected chi connectivity index (χ4v) is 0.902. The molecule has 0 aliphatic rings. The zero-order valence-electron chi connectivity index (χ0n) is 6.23. The molecule has 0 aromatic carbocycles. The minimum atomic E-state index is 0.150. The lowest BCUT2D eigenvalue weighted by Gasteiger charge is -1.86. The van der Waals surface area contributed by atoms with E-state index in [1.807, 2.05) is 6.07 Å². The smallest absolute Gasteiger partial charge is 0.260 e. The molecule has 2 rings (SSSR count). The molecular formula is C7H7N3O2. The topological polar surface area (TPSA) is 78.1 Å². The van der Waals surface area contributed by atoms with Gasteiger partial charge in [-0.1, -0.05) is 0 Å². The molecule has 0 atom stereocenters. The number of hydrogen-bond acceptors (Lipinski definition) is 5. The van der Waals surface area contributed by atoms with Gasteiger partial charge >= 0.3 is 0 Å². The summed E-state index contributed by atoms with van der Waals surface area (Å²) in [5.41, 5.74) is 5.26. The van der Waals surface area contributed by atoms with Crippen molar-refractivity contribution in [1.29, 1.82) is 0 Å². The van der Waals surface area contributed by atoms with Crippen molar-refractivity contribution in [1.82, 2.24) is 10.1 Å². The molecule has 0 spiro atoms. The molecule has 0 unspecified atom stereocenters. The molecule has 62 valence electrons. The normalized spacial score (nSPS) is 10.3. The Kier molecular flexibility index (Phi) is 1.55. The van der Waals surface area contributed by atoms with Crippen LogP contribution in [0.25, 0.3) is 0 Å². The van der Waals surface area contributed by atoms with Gasteiger partial charge in [-0.2, -0.15) is 4.98 Å². The Morgan fingerprint density at radius 2 is 2.42 bits per heavy atom. The average molecular weight is 165 g/mol. The summed E-state index contributed by atoms with van der Waals surface area (Å²) in [4.78, 5) is 3.83. The lowest BCUT2D eigenvalue weighted by molar-refractivity contribution is 0.376. The third-order valence-corrected chi connectivity index (χ3v) is 1.39. The highest BCUT2D eigenvalue weighted by molar-refractivity contribution is 5.13. The first kappa shape index (κ1) is 6.90. The van der Waals surface area contributed by atoms with E-state index >= 15 is 0 Å². The summed E-state index contributed by atoms with van der Waals surface area (Å²) in [5.74, 6) is 1.39. The summed E-state index contributed by atoms with van der Waals surface area (Å²) in [6.45, 7) is 0. The molecule has 0 aliphatic heterocycles. The molecule has 5 heteroatoms. The molecule has 0 aliphatic carbocycles. The number of nitrogens with two attached hydrogens (primary N) is 1. The van der Waals surface area contributed by atoms with E-state index < -0.39 is 0 Å². The van der Waals surface area contributed by atoms with Gasteiger partial charge in [0.05, 0.1) is 12.7 Å². The van der Waals surface area contributed by atoms with Crippen LogP contribution in [0, 0.1) is 0 Å². The van der Waals surface area contributed by atoms with Gasteiger partial charge in [-0.3, -0.25) is 0 Å². The Morgan fingerprint density at radius 3 is 3.00 bits per heavy atom. The fraction of sp³-hybridized carbons (Fsp3) is 0.143. The van der Waals surface area contributed by atoms with Crippen molar-refractivity contribution in [3.05, 3.63) is 30.0 Å². The van der Waals surface area contributed by atoms with E-state index in [4.69, 9.17) is 14.7 Å². The molecule has 2 N–H and O–H groups in total. The molecule has 2 aromatic rings. The lowest BCUT2D eigenvalue weighted by atomic mass is 10.3. The van der Waals surface area contributed by atoms with Gasteiger partial charge in [0.2, 0.25) is 5.89 Å². The Balaban J connectivity index is 2.14. The van der Waals surface area contributed by atoms with Crippen LogP contribution < -0.4 is 5.73 Å². The van der Waals surface area contributed by atoms with Crippen molar-refractivity contribution in [2.75, 3.05) is 5.73 Å². The first-order chi connectivity index (χ1) is 5.84. The highest BCUT2D eigenvalue weighted by Gasteiger charge is 2.05. The molecule has 0 fully saturated rings. The van der Waals surface area contributed by atoms with Crippen molar-refractivity contribution < 1.29 is 8.94 Å². The van der Waals surface area contributed by atoms with Gasteiger partial charge in [-0.15, -0.1) is 0 Å². The van der Waals surface area contributed by atoms with E-state index in [2.05, 4.69) is 10.1 Å². The van der Waals surface area contributed by atoms with Gasteiger partial charge in [0, 0.05) is 0 Å². The summed E-state index contributed by atoms with van der Waals surface area (Å²) < 4.78 is 9.87. The first-order valence-corrected chi connectivity index (χ1v) is 3.45. The Bertz CT molecular complexity index is 352. The average Bonchev–Trinajstić information content (AvgIpc) is 2.63. The number of nitrogen functional groups attached to an aromatic ring is 1. The highest BCUT2D eigenvalue weighted by Crippen LogP contribution is 2.07. The second-order valence-electron chi connectivity index (χ2n) is 2.30. The van der Waals surface area contributed by atoms with Crippen molar-refractivity contribution in [2.24, 2.45) is 0 Å². The van der Waals surface area contributed by atoms with E-state index in [0.29, 0.717) is 12.3 Å². The van der Waals surface area contributed by atoms with Crippen molar-refractivity contribution in [2.45, 2.75) is 6.42 Å². The summed E-state index contributed by atoms with van der Waals surface area (Å²) in [6, 6.07) is 3.63. The van der Waals surface area contributed by atoms with Crippen LogP contribution in [0.3, 0.4) is 0 Å². The SMILES string of the molecule is Nc1noc(Cc2ccco2)n1. The van der Waals surface area contributed by atoms with E-state index in [0.717, 1.165) is 5.76 Å². The van der Waals surface area contributed by atoms with E-state index in [9.17, 15) is 0 Å². The highest BCUT2D eigenvalue weighted by atomic mass is 16.5. The minimum absolute atomic E-state index is 0.150. The zero-order valence-corrected chi connectivity index (χ0v) is 6.23. The maximum Gasteiger partial charge on any atom is 0.260 e. The molecule has 2 heterocycles. The zero-order chi connectivity index (χ0) is 8.39. The standard InChI is InChI=1S/C7H7N3O2/c8-7-9-6(12-10-7)4-5-2-1-3-11-5/h1-3H,4H2,(H2,8,10). The second kappa shape index (κ2) is 2.69.